The first-order valence-electron chi connectivity index (χ1n) is 10.5. The van der Waals surface area contributed by atoms with Crippen LogP contribution in [0.25, 0.3) is 0 Å². The third kappa shape index (κ3) is 3.65. The first-order chi connectivity index (χ1) is 13.7. The third-order valence-corrected chi connectivity index (χ3v) is 6.09. The molecule has 1 aliphatic heterocycles. The monoisotopic (exact) mass is 383 g/mol. The zero-order valence-electron chi connectivity index (χ0n) is 16.3. The summed E-state index contributed by atoms with van der Waals surface area (Å²) < 4.78 is 6.09. The van der Waals surface area contributed by atoms with Crippen molar-refractivity contribution in [2.24, 2.45) is 0 Å². The fraction of sp³-hybridized carbons (Fsp3) is 0.545. The molecular weight excluding hydrogens is 354 g/mol. The lowest BCUT2D eigenvalue weighted by molar-refractivity contribution is 0.147. The molecule has 6 heteroatoms. The first kappa shape index (κ1) is 19.0. The Bertz CT molecular complexity index is 895. The summed E-state index contributed by atoms with van der Waals surface area (Å²) in [5.41, 5.74) is 7.54. The largest absolute Gasteiger partial charge is 0.493 e. The van der Waals surface area contributed by atoms with E-state index >= 15 is 0 Å². The minimum absolute atomic E-state index is 0.0480. The van der Waals surface area contributed by atoms with E-state index in [0.717, 1.165) is 18.6 Å². The third-order valence-electron chi connectivity index (χ3n) is 6.09. The van der Waals surface area contributed by atoms with Gasteiger partial charge in [-0.2, -0.15) is 0 Å². The van der Waals surface area contributed by atoms with Gasteiger partial charge in [0, 0.05) is 12.6 Å². The molecule has 4 rings (SSSR count). The second kappa shape index (κ2) is 8.35. The van der Waals surface area contributed by atoms with E-state index < -0.39 is 10.9 Å². The summed E-state index contributed by atoms with van der Waals surface area (Å²) in [5.74, 6) is 0.993. The van der Waals surface area contributed by atoms with Crippen LogP contribution in [0.15, 0.2) is 27.8 Å². The van der Waals surface area contributed by atoms with E-state index in [2.05, 4.69) is 28.4 Å². The lowest BCUT2D eigenvalue weighted by atomic mass is 9.85. The number of nitrogens with two attached hydrogens (primary N) is 1. The smallest absolute Gasteiger partial charge is 0.253 e. The summed E-state index contributed by atoms with van der Waals surface area (Å²) in [6, 6.07) is 6.99. The van der Waals surface area contributed by atoms with Gasteiger partial charge in [0.2, 0.25) is 0 Å². The van der Waals surface area contributed by atoms with E-state index in [4.69, 9.17) is 10.5 Å². The Morgan fingerprint density at radius 1 is 1.11 bits per heavy atom. The van der Waals surface area contributed by atoms with Gasteiger partial charge in [-0.25, -0.2) is 0 Å². The van der Waals surface area contributed by atoms with E-state index in [-0.39, 0.29) is 11.4 Å². The van der Waals surface area contributed by atoms with Crippen LogP contribution in [0.1, 0.15) is 55.7 Å². The minimum atomic E-state index is -0.585. The van der Waals surface area contributed by atoms with Crippen LogP contribution in [0, 0.1) is 0 Å². The van der Waals surface area contributed by atoms with Gasteiger partial charge in [-0.3, -0.25) is 14.5 Å². The van der Waals surface area contributed by atoms with Crippen LogP contribution in [-0.4, -0.2) is 31.1 Å². The summed E-state index contributed by atoms with van der Waals surface area (Å²) in [4.78, 5) is 25.2. The predicted molar refractivity (Wildman–Crippen MR) is 112 cm³/mol. The number of anilines is 2. The summed E-state index contributed by atoms with van der Waals surface area (Å²) in [6.07, 6.45) is 8.23. The number of ether oxygens (including phenoxy) is 1. The molecule has 0 bridgehead atoms. The first-order valence-corrected chi connectivity index (χ1v) is 10.5. The molecule has 0 saturated carbocycles. The van der Waals surface area contributed by atoms with E-state index in [1.54, 1.807) is 0 Å². The molecule has 28 heavy (non-hydrogen) atoms. The highest BCUT2D eigenvalue weighted by Gasteiger charge is 2.28. The van der Waals surface area contributed by atoms with E-state index in [0.29, 0.717) is 19.2 Å². The maximum atomic E-state index is 11.4. The predicted octanol–water partition coefficient (Wildman–Crippen LogP) is 2.61. The molecule has 3 N–H and O–H groups in total. The Kier molecular flexibility index (Phi) is 5.67. The minimum Gasteiger partial charge on any atom is -0.493 e. The van der Waals surface area contributed by atoms with Crippen molar-refractivity contribution in [1.29, 1.82) is 0 Å². The van der Waals surface area contributed by atoms with Crippen molar-refractivity contribution in [2.75, 3.05) is 37.3 Å². The summed E-state index contributed by atoms with van der Waals surface area (Å²) >= 11 is 0. The quantitative estimate of drug-likeness (QED) is 0.565. The van der Waals surface area contributed by atoms with Crippen LogP contribution >= 0.6 is 0 Å². The molecule has 1 heterocycles. The molecule has 150 valence electrons. The molecule has 0 spiro atoms. The SMILES string of the molecule is Nc1c(NCCCOc2cccc3c2CCCC3N2CCCCC2)c(=O)c1=O. The van der Waals surface area contributed by atoms with Gasteiger partial charge in [0.1, 0.15) is 17.1 Å². The molecule has 1 unspecified atom stereocenters. The number of rotatable bonds is 7. The molecule has 0 amide bonds. The number of piperidine rings is 1. The van der Waals surface area contributed by atoms with Crippen molar-refractivity contribution in [3.63, 3.8) is 0 Å². The van der Waals surface area contributed by atoms with Crippen molar-refractivity contribution < 1.29 is 4.74 Å². The molecule has 1 fully saturated rings. The molecule has 1 aliphatic carbocycles. The van der Waals surface area contributed by atoms with Crippen LogP contribution in [-0.2, 0) is 6.42 Å². The Balaban J connectivity index is 1.34. The van der Waals surface area contributed by atoms with Gasteiger partial charge in [-0.05, 0) is 68.8 Å². The van der Waals surface area contributed by atoms with Crippen LogP contribution in [0.5, 0.6) is 5.75 Å². The molecule has 1 saturated heterocycles. The van der Waals surface area contributed by atoms with E-state index in [1.807, 2.05) is 0 Å². The van der Waals surface area contributed by atoms with Gasteiger partial charge in [0.15, 0.2) is 0 Å². The molecule has 1 atom stereocenters. The van der Waals surface area contributed by atoms with Crippen LogP contribution < -0.4 is 26.6 Å². The Morgan fingerprint density at radius 2 is 1.93 bits per heavy atom. The van der Waals surface area contributed by atoms with Gasteiger partial charge < -0.3 is 15.8 Å². The van der Waals surface area contributed by atoms with Crippen molar-refractivity contribution in [2.45, 2.75) is 51.0 Å². The second-order valence-corrected chi connectivity index (χ2v) is 7.90. The van der Waals surface area contributed by atoms with Gasteiger partial charge in [-0.1, -0.05) is 18.6 Å². The number of nitrogen functional groups attached to an aromatic ring is 1. The standard InChI is InChI=1S/C22H29N3O3/c23-19-20(22(27)21(19)26)24-11-6-14-28-18-10-5-7-15-16(18)8-4-9-17(15)25-12-2-1-3-13-25/h5,7,10,17,24H,1-4,6,8-9,11-14,23H2. The number of nitrogens with one attached hydrogen (secondary N) is 1. The molecule has 2 aromatic carbocycles. The van der Waals surface area contributed by atoms with Gasteiger partial charge >= 0.3 is 0 Å². The van der Waals surface area contributed by atoms with E-state index in [9.17, 15) is 9.59 Å². The average Bonchev–Trinajstić information content (AvgIpc) is 2.75. The highest BCUT2D eigenvalue weighted by molar-refractivity contribution is 5.71. The second-order valence-electron chi connectivity index (χ2n) is 7.90. The van der Waals surface area contributed by atoms with Gasteiger partial charge in [0.05, 0.1) is 6.61 Å². The zero-order valence-corrected chi connectivity index (χ0v) is 16.3. The molecule has 6 nitrogen and oxygen atoms in total. The topological polar surface area (TPSA) is 84.7 Å². The summed E-state index contributed by atoms with van der Waals surface area (Å²) in [7, 11) is 0. The normalized spacial score (nSPS) is 20.1. The highest BCUT2D eigenvalue weighted by atomic mass is 16.5. The molecule has 0 aromatic heterocycles. The number of nitrogens with zero attached hydrogens (tertiary/aromatic N) is 1. The Hall–Kier alpha value is -2.34. The zero-order chi connectivity index (χ0) is 19.5. The van der Waals surface area contributed by atoms with Crippen molar-refractivity contribution in [1.82, 2.24) is 4.90 Å². The molecule has 2 aliphatic rings. The number of hydrogen-bond donors (Lipinski definition) is 2. The van der Waals surface area contributed by atoms with Gasteiger partial charge in [0.25, 0.3) is 10.9 Å². The number of fused-ring (bicyclic) bond motifs is 1. The van der Waals surface area contributed by atoms with Crippen molar-refractivity contribution in [3.05, 3.63) is 49.8 Å². The molecule has 2 aromatic rings. The Morgan fingerprint density at radius 3 is 2.71 bits per heavy atom. The number of benzene rings is 1. The van der Waals surface area contributed by atoms with Crippen LogP contribution in [0.4, 0.5) is 11.4 Å². The maximum Gasteiger partial charge on any atom is 0.253 e. The fourth-order valence-electron chi connectivity index (χ4n) is 4.59. The highest BCUT2D eigenvalue weighted by Crippen LogP contribution is 2.39. The number of hydrogen-bond acceptors (Lipinski definition) is 6. The van der Waals surface area contributed by atoms with E-state index in [1.165, 1.54) is 56.3 Å². The fourth-order valence-corrected chi connectivity index (χ4v) is 4.59. The van der Waals surface area contributed by atoms with Gasteiger partial charge in [-0.15, -0.1) is 0 Å². The van der Waals surface area contributed by atoms with Crippen molar-refractivity contribution >= 4 is 11.4 Å². The average molecular weight is 383 g/mol. The summed E-state index contributed by atoms with van der Waals surface area (Å²) in [5, 5.41) is 2.95. The Labute approximate surface area is 165 Å². The lowest BCUT2D eigenvalue weighted by Gasteiger charge is -2.38. The number of likely N-dealkylation sites (tertiary alicyclic amines) is 1. The maximum absolute atomic E-state index is 11.4. The lowest BCUT2D eigenvalue weighted by Crippen LogP contribution is -2.37. The van der Waals surface area contributed by atoms with Crippen LogP contribution in [0.3, 0.4) is 0 Å². The van der Waals surface area contributed by atoms with Crippen LogP contribution in [0.2, 0.25) is 0 Å². The molecular formula is C22H29N3O3. The summed E-state index contributed by atoms with van der Waals surface area (Å²) in [6.45, 7) is 3.54. The van der Waals surface area contributed by atoms with Crippen molar-refractivity contribution in [3.8, 4) is 5.75 Å². The molecule has 0 radical (unpaired) electrons.